The van der Waals surface area contributed by atoms with E-state index in [-0.39, 0.29) is 12.6 Å². The highest BCUT2D eigenvalue weighted by molar-refractivity contribution is 6.59. The Morgan fingerprint density at radius 2 is 1.94 bits per heavy atom. The fraction of sp³-hybridized carbons (Fsp3) is 0.278. The predicted octanol–water partition coefficient (Wildman–Crippen LogP) is 0.288. The molecule has 0 saturated heterocycles. The molecule has 2 heterocycles. The minimum atomic E-state index is -1.02. The molecule has 1 aliphatic heterocycles. The van der Waals surface area contributed by atoms with Gasteiger partial charge in [0, 0.05) is 24.0 Å². The van der Waals surface area contributed by atoms with Gasteiger partial charge in [-0.3, -0.25) is 14.5 Å². The van der Waals surface area contributed by atoms with Gasteiger partial charge in [-0.05, 0) is 25.1 Å². The van der Waals surface area contributed by atoms with Gasteiger partial charge in [-0.1, -0.05) is 0 Å². The largest absolute Gasteiger partial charge is 0.497 e. The Labute approximate surface area is 179 Å². The average Bonchev–Trinajstić information content (AvgIpc) is 2.78. The molecule has 1 aliphatic rings. The highest BCUT2D eigenvalue weighted by atomic mass is 16.5. The highest BCUT2D eigenvalue weighted by Crippen LogP contribution is 2.22. The monoisotopic (exact) mass is 426 g/mol. The van der Waals surface area contributed by atoms with Crippen molar-refractivity contribution >= 4 is 31.2 Å². The van der Waals surface area contributed by atoms with E-state index in [2.05, 4.69) is 25.2 Å². The van der Waals surface area contributed by atoms with E-state index < -0.39 is 19.1 Å². The van der Waals surface area contributed by atoms with Crippen LogP contribution in [-0.4, -0.2) is 77.1 Å². The predicted molar refractivity (Wildman–Crippen MR) is 116 cm³/mol. The van der Waals surface area contributed by atoms with Gasteiger partial charge in [-0.15, -0.1) is 0 Å². The molecule has 31 heavy (non-hydrogen) atoms. The van der Waals surface area contributed by atoms with E-state index >= 15 is 0 Å². The number of hydrogen-bond acceptors (Lipinski definition) is 11. The zero-order valence-electron chi connectivity index (χ0n) is 17.3. The molecule has 4 N–H and O–H groups in total. The van der Waals surface area contributed by atoms with E-state index in [1.807, 2.05) is 0 Å². The number of hydrazone groups is 1. The number of carboxylic acids is 1. The van der Waals surface area contributed by atoms with Crippen LogP contribution in [0.2, 0.25) is 0 Å². The molecule has 1 atom stereocenters. The second kappa shape index (κ2) is 9.76. The van der Waals surface area contributed by atoms with Crippen LogP contribution in [0.15, 0.2) is 46.7 Å². The number of anilines is 1. The molecule has 162 valence electrons. The summed E-state index contributed by atoms with van der Waals surface area (Å²) >= 11 is 0. The number of aliphatic carboxylic acids is 1. The van der Waals surface area contributed by atoms with Crippen molar-refractivity contribution in [3.63, 3.8) is 0 Å². The van der Waals surface area contributed by atoms with Crippen LogP contribution in [0.4, 0.5) is 5.95 Å². The van der Waals surface area contributed by atoms with Crippen LogP contribution in [0.1, 0.15) is 12.5 Å². The molecule has 0 aliphatic carbocycles. The second-order valence-electron chi connectivity index (χ2n) is 6.54. The number of rotatable bonds is 8. The van der Waals surface area contributed by atoms with Crippen LogP contribution in [0, 0.1) is 0 Å². The Morgan fingerprint density at radius 1 is 1.29 bits per heavy atom. The molecular weight excluding hydrogens is 403 g/mol. The molecule has 1 unspecified atom stereocenters. The molecule has 0 saturated carbocycles. The minimum absolute atomic E-state index is 0.0743. The van der Waals surface area contributed by atoms with E-state index in [1.54, 1.807) is 68.8 Å². The van der Waals surface area contributed by atoms with Crippen LogP contribution >= 0.6 is 0 Å². The van der Waals surface area contributed by atoms with Gasteiger partial charge < -0.3 is 25.5 Å². The summed E-state index contributed by atoms with van der Waals surface area (Å²) in [5.74, 6) is 0.599. The fourth-order valence-electron chi connectivity index (χ4n) is 2.79. The Hall–Kier alpha value is -3.87. The number of carbonyl (C=O) groups is 1. The summed E-state index contributed by atoms with van der Waals surface area (Å²) in [6.45, 7) is 1.62. The highest BCUT2D eigenvalue weighted by Gasteiger charge is 2.38. The van der Waals surface area contributed by atoms with E-state index in [0.29, 0.717) is 23.0 Å². The van der Waals surface area contributed by atoms with Gasteiger partial charge in [0.25, 0.3) is 0 Å². The molecule has 1 aromatic carbocycles. The van der Waals surface area contributed by atoms with Gasteiger partial charge in [-0.25, -0.2) is 15.0 Å². The van der Waals surface area contributed by atoms with Crippen LogP contribution in [-0.2, 0) is 4.79 Å². The van der Waals surface area contributed by atoms with Crippen molar-refractivity contribution in [1.29, 1.82) is 0 Å². The van der Waals surface area contributed by atoms with Crippen molar-refractivity contribution < 1.29 is 19.4 Å². The van der Waals surface area contributed by atoms with Crippen molar-refractivity contribution in [3.8, 4) is 11.5 Å². The summed E-state index contributed by atoms with van der Waals surface area (Å²) in [5, 5.41) is 18.3. The lowest BCUT2D eigenvalue weighted by atomic mass is 9.88. The number of hydrogen-bond donors (Lipinski definition) is 3. The van der Waals surface area contributed by atoms with E-state index in [4.69, 9.17) is 15.2 Å². The number of methoxy groups -OCH3 is 2. The zero-order chi connectivity index (χ0) is 22.4. The number of nitrogens with two attached hydrogens (primary N) is 1. The van der Waals surface area contributed by atoms with Crippen molar-refractivity contribution in [2.24, 2.45) is 15.7 Å². The van der Waals surface area contributed by atoms with Gasteiger partial charge >= 0.3 is 13.1 Å². The Balaban J connectivity index is 1.86. The first-order valence-corrected chi connectivity index (χ1v) is 9.31. The SMILES string of the molecule is COc1cc(/C=N/N2CN(C(C)C(=O)O)B(Nc3ncccn3)N=C2N)cc(OC)c1. The third-order valence-electron chi connectivity index (χ3n) is 4.53. The first kappa shape index (κ1) is 21.8. The maximum atomic E-state index is 11.6. The normalized spacial score (nSPS) is 15.5. The summed E-state index contributed by atoms with van der Waals surface area (Å²) in [5.41, 5.74) is 6.80. The van der Waals surface area contributed by atoms with Crippen LogP contribution in [0.3, 0.4) is 0 Å². The lowest BCUT2D eigenvalue weighted by Gasteiger charge is -2.36. The summed E-state index contributed by atoms with van der Waals surface area (Å²) in [6.07, 6.45) is 4.69. The van der Waals surface area contributed by atoms with E-state index in [1.165, 1.54) is 5.01 Å². The second-order valence-corrected chi connectivity index (χ2v) is 6.54. The maximum Gasteiger partial charge on any atom is 0.494 e. The first-order chi connectivity index (χ1) is 14.9. The van der Waals surface area contributed by atoms with Crippen molar-refractivity contribution in [3.05, 3.63) is 42.2 Å². The summed E-state index contributed by atoms with van der Waals surface area (Å²) in [6, 6.07) is 6.08. The average molecular weight is 426 g/mol. The van der Waals surface area contributed by atoms with Gasteiger partial charge in [0.2, 0.25) is 11.9 Å². The molecular formula is C18H23BN8O4. The number of nitrogens with zero attached hydrogens (tertiary/aromatic N) is 6. The molecule has 0 bridgehead atoms. The van der Waals surface area contributed by atoms with Crippen LogP contribution in [0.25, 0.3) is 0 Å². The summed E-state index contributed by atoms with van der Waals surface area (Å²) in [4.78, 5) is 25.7. The molecule has 0 amide bonds. The zero-order valence-corrected chi connectivity index (χ0v) is 17.3. The number of nitrogens with one attached hydrogen (secondary N) is 1. The van der Waals surface area contributed by atoms with Gasteiger partial charge in [0.15, 0.2) is 0 Å². The van der Waals surface area contributed by atoms with Gasteiger partial charge in [0.1, 0.15) is 11.5 Å². The van der Waals surface area contributed by atoms with Crippen molar-refractivity contribution in [2.75, 3.05) is 26.1 Å². The van der Waals surface area contributed by atoms with Gasteiger partial charge in [0.05, 0.1) is 33.1 Å². The Kier molecular flexibility index (Phi) is 6.87. The number of guanidine groups is 1. The third-order valence-corrected chi connectivity index (χ3v) is 4.53. The van der Waals surface area contributed by atoms with E-state index in [0.717, 1.165) is 0 Å². The maximum absolute atomic E-state index is 11.6. The summed E-state index contributed by atoms with van der Waals surface area (Å²) in [7, 11) is 2.33. The molecule has 2 aromatic rings. The third kappa shape index (κ3) is 5.39. The molecule has 13 heteroatoms. The van der Waals surface area contributed by atoms with Crippen LogP contribution < -0.4 is 20.4 Å². The van der Waals surface area contributed by atoms with Crippen molar-refractivity contribution in [1.82, 2.24) is 19.8 Å². The molecule has 0 spiro atoms. The lowest BCUT2D eigenvalue weighted by molar-refractivity contribution is -0.141. The number of aromatic nitrogens is 2. The summed E-state index contributed by atoms with van der Waals surface area (Å²) < 4.78 is 10.5. The number of ether oxygens (including phenoxy) is 2. The molecule has 3 rings (SSSR count). The molecule has 0 fully saturated rings. The number of benzene rings is 1. The molecule has 0 radical (unpaired) electrons. The number of carboxylic acid groups (broad SMARTS) is 1. The molecule has 1 aromatic heterocycles. The van der Waals surface area contributed by atoms with Gasteiger partial charge in [-0.2, -0.15) is 5.10 Å². The lowest BCUT2D eigenvalue weighted by Crippen LogP contribution is -2.61. The smallest absolute Gasteiger partial charge is 0.494 e. The van der Waals surface area contributed by atoms with Crippen molar-refractivity contribution in [2.45, 2.75) is 13.0 Å². The Morgan fingerprint density at radius 3 is 2.52 bits per heavy atom. The Bertz CT molecular complexity index is 952. The standard InChI is InChI=1S/C18H23BN8O4/c1-12(16(28)29)26-11-27(17(20)24-19(26)25-18-21-5-4-6-22-18)23-10-13-7-14(30-2)9-15(8-13)31-3/h4-10,12H,11H2,1-3H3,(H2,20,24)(H,28,29)(H,21,22,25)/b23-10+. The molecule has 12 nitrogen and oxygen atoms in total. The quantitative estimate of drug-likeness (QED) is 0.397. The first-order valence-electron chi connectivity index (χ1n) is 9.31. The minimum Gasteiger partial charge on any atom is -0.497 e. The topological polar surface area (TPSA) is 151 Å². The fourth-order valence-corrected chi connectivity index (χ4v) is 2.79. The van der Waals surface area contributed by atoms with Crippen LogP contribution in [0.5, 0.6) is 11.5 Å². The van der Waals surface area contributed by atoms with E-state index in [9.17, 15) is 9.90 Å².